The average Bonchev–Trinajstić information content (AvgIpc) is 2.69. The Bertz CT molecular complexity index is 644. The molecular weight excluding hydrogens is 400 g/mol. The molecule has 3 atom stereocenters. The van der Waals surface area contributed by atoms with Gasteiger partial charge in [0.25, 0.3) is 0 Å². The fourth-order valence-corrected chi connectivity index (χ4v) is 2.09. The van der Waals surface area contributed by atoms with Crippen LogP contribution in [-0.2, 0) is 20.8 Å². The van der Waals surface area contributed by atoms with Crippen LogP contribution >= 0.6 is 12.6 Å². The van der Waals surface area contributed by atoms with E-state index < -0.39 is 36.0 Å². The summed E-state index contributed by atoms with van der Waals surface area (Å²) in [5, 5.41) is 16.8. The molecule has 0 bridgehead atoms. The third-order valence-corrected chi connectivity index (χ3v) is 4.09. The van der Waals surface area contributed by atoms with Crippen LogP contribution in [0.5, 0.6) is 5.75 Å². The Labute approximate surface area is 175 Å². The molecule has 0 unspecified atom stereocenters. The van der Waals surface area contributed by atoms with Crippen molar-refractivity contribution in [3.8, 4) is 5.75 Å². The monoisotopic (exact) mass is 430 g/mol. The zero-order chi connectivity index (χ0) is 22.4. The highest BCUT2D eigenvalue weighted by Gasteiger charge is 2.16. The summed E-state index contributed by atoms with van der Waals surface area (Å²) in [6, 6.07) is 4.08. The predicted octanol–water partition coefficient (Wildman–Crippen LogP) is -0.669. The van der Waals surface area contributed by atoms with Crippen molar-refractivity contribution >= 4 is 30.5 Å². The van der Waals surface area contributed by atoms with Gasteiger partial charge in [-0.15, -0.1) is 0 Å². The maximum atomic E-state index is 11.8. The number of ether oxygens (including phenoxy) is 1. The maximum Gasteiger partial charge on any atom is 0.328 e. The number of aliphatic carboxylic acids is 2. The second-order valence-corrected chi connectivity index (χ2v) is 6.60. The first-order valence-electron chi connectivity index (χ1n) is 8.96. The molecule has 10 nitrogen and oxygen atoms in total. The molecule has 29 heavy (non-hydrogen) atoms. The minimum atomic E-state index is -1.06. The molecule has 0 aliphatic heterocycles. The van der Waals surface area contributed by atoms with E-state index in [0.717, 1.165) is 18.4 Å². The summed E-state index contributed by atoms with van der Waals surface area (Å²) in [5.41, 5.74) is 22.3. The van der Waals surface area contributed by atoms with Crippen LogP contribution in [0.2, 0.25) is 0 Å². The van der Waals surface area contributed by atoms with Gasteiger partial charge in [-0.25, -0.2) is 4.79 Å². The highest BCUT2D eigenvalue weighted by molar-refractivity contribution is 7.80. The lowest BCUT2D eigenvalue weighted by molar-refractivity contribution is -0.139. The van der Waals surface area contributed by atoms with Gasteiger partial charge in [-0.1, -0.05) is 18.6 Å². The fraction of sp³-hybridized carbons (Fsp3) is 0.500. The molecule has 0 saturated carbocycles. The Kier molecular flexibility index (Phi) is 13.7. The third-order valence-electron chi connectivity index (χ3n) is 3.70. The first kappa shape index (κ1) is 26.8. The molecular formula is C18H30N4O6S. The zero-order valence-electron chi connectivity index (χ0n) is 16.1. The quantitative estimate of drug-likeness (QED) is 0.102. The highest BCUT2D eigenvalue weighted by atomic mass is 32.1. The number of hydrogen-bond donors (Lipinski definition) is 7. The van der Waals surface area contributed by atoms with Crippen molar-refractivity contribution in [2.75, 3.05) is 12.3 Å². The second kappa shape index (κ2) is 14.8. The van der Waals surface area contributed by atoms with Crippen molar-refractivity contribution in [3.63, 3.8) is 0 Å². The third kappa shape index (κ3) is 12.1. The lowest BCUT2D eigenvalue weighted by Gasteiger charge is -2.11. The summed E-state index contributed by atoms with van der Waals surface area (Å²) >= 11 is 3.65. The van der Waals surface area contributed by atoms with Crippen LogP contribution in [0.1, 0.15) is 24.8 Å². The van der Waals surface area contributed by atoms with E-state index in [1.54, 1.807) is 24.3 Å². The average molecular weight is 431 g/mol. The molecule has 1 aromatic carbocycles. The molecule has 0 fully saturated rings. The van der Waals surface area contributed by atoms with Gasteiger partial charge in [0.1, 0.15) is 23.9 Å². The molecule has 0 radical (unpaired) electrons. The fourth-order valence-electron chi connectivity index (χ4n) is 1.93. The number of unbranched alkanes of at least 4 members (excludes halogenated alkanes) is 1. The predicted molar refractivity (Wildman–Crippen MR) is 112 cm³/mol. The van der Waals surface area contributed by atoms with E-state index in [2.05, 4.69) is 12.6 Å². The zero-order valence-corrected chi connectivity index (χ0v) is 17.0. The van der Waals surface area contributed by atoms with Crippen molar-refractivity contribution in [3.05, 3.63) is 29.8 Å². The van der Waals surface area contributed by atoms with Gasteiger partial charge in [0.15, 0.2) is 0 Å². The van der Waals surface area contributed by atoms with Crippen LogP contribution in [0.25, 0.3) is 0 Å². The topological polar surface area (TPSA) is 205 Å². The van der Waals surface area contributed by atoms with E-state index >= 15 is 0 Å². The SMILES string of the molecule is NCCCC[C@H](N)C(=O)Oc1ccc(C[C@H](N)C(=O)O)cc1.N[C@@H](CS)C(=O)O. The number of carbonyl (C=O) groups excluding carboxylic acids is 1. The smallest absolute Gasteiger partial charge is 0.328 e. The minimum Gasteiger partial charge on any atom is -0.480 e. The molecule has 1 rings (SSSR count). The summed E-state index contributed by atoms with van der Waals surface area (Å²) in [5.74, 6) is -2.00. The van der Waals surface area contributed by atoms with Crippen molar-refractivity contribution in [1.82, 2.24) is 0 Å². The molecule has 164 valence electrons. The molecule has 0 aromatic heterocycles. The number of carbonyl (C=O) groups is 3. The van der Waals surface area contributed by atoms with Gasteiger partial charge < -0.3 is 37.9 Å². The van der Waals surface area contributed by atoms with E-state index in [0.29, 0.717) is 18.7 Å². The first-order valence-corrected chi connectivity index (χ1v) is 9.59. The van der Waals surface area contributed by atoms with Crippen molar-refractivity contribution in [2.24, 2.45) is 22.9 Å². The van der Waals surface area contributed by atoms with Gasteiger partial charge in [-0.3, -0.25) is 9.59 Å². The molecule has 10 N–H and O–H groups in total. The first-order chi connectivity index (χ1) is 13.6. The van der Waals surface area contributed by atoms with Gasteiger partial charge >= 0.3 is 17.9 Å². The number of benzene rings is 1. The van der Waals surface area contributed by atoms with E-state index in [1.165, 1.54) is 0 Å². The van der Waals surface area contributed by atoms with Crippen LogP contribution in [0, 0.1) is 0 Å². The Morgan fingerprint density at radius 3 is 1.90 bits per heavy atom. The molecule has 0 amide bonds. The second-order valence-electron chi connectivity index (χ2n) is 6.23. The Hall–Kier alpha value is -2.18. The number of hydrogen-bond acceptors (Lipinski definition) is 9. The Balaban J connectivity index is 0.000000956. The van der Waals surface area contributed by atoms with E-state index in [4.69, 9.17) is 37.9 Å². The summed E-state index contributed by atoms with van der Waals surface area (Å²) < 4.78 is 5.17. The van der Waals surface area contributed by atoms with Crippen LogP contribution in [0.3, 0.4) is 0 Å². The lowest BCUT2D eigenvalue weighted by Crippen LogP contribution is -2.34. The number of esters is 1. The van der Waals surface area contributed by atoms with E-state index in [-0.39, 0.29) is 12.2 Å². The summed E-state index contributed by atoms with van der Waals surface area (Å²) in [6.45, 7) is 0.571. The van der Waals surface area contributed by atoms with Gasteiger partial charge in [0, 0.05) is 5.75 Å². The van der Waals surface area contributed by atoms with Crippen LogP contribution in [0.15, 0.2) is 24.3 Å². The molecule has 11 heteroatoms. The number of rotatable bonds is 11. The van der Waals surface area contributed by atoms with Gasteiger partial charge in [-0.05, 0) is 43.5 Å². The Morgan fingerprint density at radius 2 is 1.48 bits per heavy atom. The van der Waals surface area contributed by atoms with Gasteiger partial charge in [0.2, 0.25) is 0 Å². The number of carboxylic acid groups (broad SMARTS) is 2. The van der Waals surface area contributed by atoms with Crippen molar-refractivity contribution < 1.29 is 29.3 Å². The van der Waals surface area contributed by atoms with Crippen LogP contribution < -0.4 is 27.7 Å². The molecule has 0 heterocycles. The normalized spacial score (nSPS) is 13.4. The number of carboxylic acids is 2. The lowest BCUT2D eigenvalue weighted by atomic mass is 10.1. The molecule has 0 saturated heterocycles. The van der Waals surface area contributed by atoms with Crippen LogP contribution in [0.4, 0.5) is 0 Å². The molecule has 0 aliphatic rings. The summed E-state index contributed by atoms with van der Waals surface area (Å²) in [7, 11) is 0. The van der Waals surface area contributed by atoms with Crippen molar-refractivity contribution in [1.29, 1.82) is 0 Å². The molecule has 0 spiro atoms. The molecule has 1 aromatic rings. The number of nitrogens with two attached hydrogens (primary N) is 4. The minimum absolute atomic E-state index is 0.190. The van der Waals surface area contributed by atoms with E-state index in [1.807, 2.05) is 0 Å². The van der Waals surface area contributed by atoms with E-state index in [9.17, 15) is 14.4 Å². The summed E-state index contributed by atoms with van der Waals surface area (Å²) in [6.07, 6.45) is 2.34. The largest absolute Gasteiger partial charge is 0.480 e. The number of thiol groups is 1. The van der Waals surface area contributed by atoms with Crippen molar-refractivity contribution in [2.45, 2.75) is 43.8 Å². The van der Waals surface area contributed by atoms with Gasteiger partial charge in [0.05, 0.1) is 0 Å². The highest BCUT2D eigenvalue weighted by Crippen LogP contribution is 2.14. The maximum absolute atomic E-state index is 11.8. The van der Waals surface area contributed by atoms with Gasteiger partial charge in [-0.2, -0.15) is 12.6 Å². The Morgan fingerprint density at radius 1 is 0.931 bits per heavy atom. The molecule has 0 aliphatic carbocycles. The standard InChI is InChI=1S/C15H23N3O4.C3H7NO2S/c16-8-2-1-3-12(17)15(21)22-11-6-4-10(5-7-11)9-13(18)14(19)20;4-2(1-7)3(5)6/h4-7,12-13H,1-3,8-9,16-18H2,(H,19,20);2,7H,1,4H2,(H,5,6)/t12-,13-;2-/m00/s1. The van der Waals surface area contributed by atoms with Crippen LogP contribution in [-0.4, -0.2) is 58.5 Å². The summed E-state index contributed by atoms with van der Waals surface area (Å²) in [4.78, 5) is 32.2.